The molecule has 1 aliphatic rings. The first-order valence-corrected chi connectivity index (χ1v) is 13.4. The topological polar surface area (TPSA) is 93.4 Å². The minimum Gasteiger partial charge on any atom is -0.411 e. The normalized spacial score (nSPS) is 15.0. The number of sulfonamides is 1. The Balaban J connectivity index is 1.47. The van der Waals surface area contributed by atoms with Crippen LogP contribution in [0.3, 0.4) is 0 Å². The average Bonchev–Trinajstić information content (AvgIpc) is 3.30. The quantitative estimate of drug-likeness (QED) is 0.350. The Morgan fingerprint density at radius 3 is 2.48 bits per heavy atom. The van der Waals surface area contributed by atoms with Gasteiger partial charge < -0.3 is 4.42 Å². The lowest BCUT2D eigenvalue weighted by molar-refractivity contribution is 0.102. The molecule has 0 unspecified atom stereocenters. The smallest absolute Gasteiger partial charge is 0.277 e. The highest BCUT2D eigenvalue weighted by Gasteiger charge is 2.26. The molecule has 33 heavy (non-hydrogen) atoms. The lowest BCUT2D eigenvalue weighted by Crippen LogP contribution is -2.35. The van der Waals surface area contributed by atoms with Crippen molar-refractivity contribution in [2.75, 3.05) is 18.8 Å². The lowest BCUT2D eigenvalue weighted by atomic mass is 9.99. The third-order valence-corrected chi connectivity index (χ3v) is 8.62. The van der Waals surface area contributed by atoms with Crippen LogP contribution in [0.5, 0.6) is 0 Å². The van der Waals surface area contributed by atoms with Gasteiger partial charge in [-0.2, -0.15) is 4.31 Å². The maximum atomic E-state index is 13.0. The number of hydrogen-bond donors (Lipinski definition) is 0. The standard InChI is InChI=1S/C24H27N3O4S2/c1-16-12-18(3)21(13-17(16)2)22(28)15-32-24-26-25-23(31-24)19-8-7-9-20(14-19)33(29,30)27-10-5-4-6-11-27/h7-9,12-14H,4-6,10-11,15H2,1-3H3. The van der Waals surface area contributed by atoms with Gasteiger partial charge in [-0.25, -0.2) is 8.42 Å². The number of aromatic nitrogens is 2. The summed E-state index contributed by atoms with van der Waals surface area (Å²) >= 11 is 1.17. The molecule has 1 fully saturated rings. The molecule has 174 valence electrons. The second-order valence-electron chi connectivity index (χ2n) is 8.33. The van der Waals surface area contributed by atoms with E-state index in [1.807, 2.05) is 32.9 Å². The van der Waals surface area contributed by atoms with Crippen LogP contribution in [0, 0.1) is 20.8 Å². The van der Waals surface area contributed by atoms with Crippen LogP contribution in [-0.2, 0) is 10.0 Å². The molecule has 0 saturated carbocycles. The molecule has 2 aromatic carbocycles. The van der Waals surface area contributed by atoms with Crippen molar-refractivity contribution in [3.8, 4) is 11.5 Å². The van der Waals surface area contributed by atoms with E-state index in [2.05, 4.69) is 10.2 Å². The van der Waals surface area contributed by atoms with Crippen LogP contribution >= 0.6 is 11.8 Å². The lowest BCUT2D eigenvalue weighted by Gasteiger charge is -2.25. The minimum atomic E-state index is -3.55. The SMILES string of the molecule is Cc1cc(C)c(C(=O)CSc2nnc(-c3cccc(S(=O)(=O)N4CCCCC4)c3)o2)cc1C. The molecule has 0 radical (unpaired) electrons. The summed E-state index contributed by atoms with van der Waals surface area (Å²) in [4.78, 5) is 12.9. The van der Waals surface area contributed by atoms with E-state index < -0.39 is 10.0 Å². The van der Waals surface area contributed by atoms with Crippen molar-refractivity contribution >= 4 is 27.6 Å². The molecule has 1 aliphatic heterocycles. The molecule has 0 spiro atoms. The van der Waals surface area contributed by atoms with Gasteiger partial charge in [-0.1, -0.05) is 30.3 Å². The zero-order chi connectivity index (χ0) is 23.6. The Morgan fingerprint density at radius 1 is 1.00 bits per heavy atom. The van der Waals surface area contributed by atoms with Crippen LogP contribution in [0.15, 0.2) is 50.9 Å². The number of aryl methyl sites for hydroxylation is 3. The van der Waals surface area contributed by atoms with Crippen molar-refractivity contribution in [3.63, 3.8) is 0 Å². The van der Waals surface area contributed by atoms with E-state index in [-0.39, 0.29) is 27.5 Å². The molecule has 0 bridgehead atoms. The average molecular weight is 486 g/mol. The zero-order valence-corrected chi connectivity index (χ0v) is 20.6. The number of hydrogen-bond acceptors (Lipinski definition) is 7. The number of nitrogens with zero attached hydrogens (tertiary/aromatic N) is 3. The van der Waals surface area contributed by atoms with Gasteiger partial charge in [0.1, 0.15) is 0 Å². The highest BCUT2D eigenvalue weighted by Crippen LogP contribution is 2.28. The van der Waals surface area contributed by atoms with Gasteiger partial charge in [-0.05, 0) is 74.6 Å². The Morgan fingerprint density at radius 2 is 1.73 bits per heavy atom. The van der Waals surface area contributed by atoms with Gasteiger partial charge >= 0.3 is 0 Å². The third-order valence-electron chi connectivity index (χ3n) is 5.91. The number of ketones is 1. The summed E-state index contributed by atoms with van der Waals surface area (Å²) in [5, 5.41) is 8.35. The summed E-state index contributed by atoms with van der Waals surface area (Å²) in [5.74, 6) is 0.395. The fraction of sp³-hybridized carbons (Fsp3) is 0.375. The van der Waals surface area contributed by atoms with Crippen LogP contribution < -0.4 is 0 Å². The summed E-state index contributed by atoms with van der Waals surface area (Å²) in [5.41, 5.74) is 4.41. The summed E-state index contributed by atoms with van der Waals surface area (Å²) in [6.45, 7) is 7.03. The van der Waals surface area contributed by atoms with Crippen LogP contribution in [0.1, 0.15) is 46.3 Å². The largest absolute Gasteiger partial charge is 0.411 e. The van der Waals surface area contributed by atoms with Crippen molar-refractivity contribution in [1.82, 2.24) is 14.5 Å². The second-order valence-corrected chi connectivity index (χ2v) is 11.2. The van der Waals surface area contributed by atoms with Gasteiger partial charge in [0.2, 0.25) is 15.9 Å². The summed E-state index contributed by atoms with van der Waals surface area (Å²) in [6, 6.07) is 10.5. The number of rotatable bonds is 7. The van der Waals surface area contributed by atoms with Crippen LogP contribution in [0.25, 0.3) is 11.5 Å². The van der Waals surface area contributed by atoms with E-state index in [0.29, 0.717) is 24.2 Å². The van der Waals surface area contributed by atoms with E-state index in [4.69, 9.17) is 4.42 Å². The van der Waals surface area contributed by atoms with Gasteiger partial charge in [0.25, 0.3) is 5.22 Å². The highest BCUT2D eigenvalue weighted by molar-refractivity contribution is 7.99. The first-order valence-electron chi connectivity index (χ1n) is 10.9. The highest BCUT2D eigenvalue weighted by atomic mass is 32.2. The van der Waals surface area contributed by atoms with Crippen LogP contribution in [0.2, 0.25) is 0 Å². The van der Waals surface area contributed by atoms with E-state index in [1.165, 1.54) is 16.1 Å². The molecule has 9 heteroatoms. The molecule has 0 amide bonds. The van der Waals surface area contributed by atoms with Gasteiger partial charge in [-0.3, -0.25) is 4.79 Å². The number of piperidine rings is 1. The van der Waals surface area contributed by atoms with Gasteiger partial charge in [0.15, 0.2) is 5.78 Å². The molecule has 3 aromatic rings. The maximum Gasteiger partial charge on any atom is 0.277 e. The Bertz CT molecular complexity index is 1280. The van der Waals surface area contributed by atoms with E-state index in [1.54, 1.807) is 24.3 Å². The zero-order valence-electron chi connectivity index (χ0n) is 19.0. The maximum absolute atomic E-state index is 13.0. The molecule has 0 atom stereocenters. The molecule has 7 nitrogen and oxygen atoms in total. The molecule has 0 aliphatic carbocycles. The Kier molecular flexibility index (Phi) is 7.02. The fourth-order valence-corrected chi connectivity index (χ4v) is 6.10. The molecule has 0 N–H and O–H groups in total. The van der Waals surface area contributed by atoms with Gasteiger partial charge in [0.05, 0.1) is 10.6 Å². The molecule has 2 heterocycles. The van der Waals surface area contributed by atoms with E-state index >= 15 is 0 Å². The minimum absolute atomic E-state index is 0.00466. The third kappa shape index (κ3) is 5.20. The van der Waals surface area contributed by atoms with Crippen molar-refractivity contribution in [1.29, 1.82) is 0 Å². The monoisotopic (exact) mass is 485 g/mol. The molecule has 1 aromatic heterocycles. The summed E-state index contributed by atoms with van der Waals surface area (Å²) in [6.07, 6.45) is 2.81. The number of Topliss-reactive ketones (excluding diaryl/α,β-unsaturated/α-hetero) is 1. The van der Waals surface area contributed by atoms with E-state index in [0.717, 1.165) is 36.0 Å². The predicted molar refractivity (Wildman–Crippen MR) is 128 cm³/mol. The van der Waals surface area contributed by atoms with Gasteiger partial charge in [-0.15, -0.1) is 10.2 Å². The number of benzene rings is 2. The van der Waals surface area contributed by atoms with Crippen molar-refractivity contribution in [2.24, 2.45) is 0 Å². The van der Waals surface area contributed by atoms with Crippen molar-refractivity contribution in [2.45, 2.75) is 50.2 Å². The van der Waals surface area contributed by atoms with Crippen LogP contribution in [0.4, 0.5) is 0 Å². The number of carbonyl (C=O) groups excluding carboxylic acids is 1. The Hall–Kier alpha value is -2.49. The van der Waals surface area contributed by atoms with Gasteiger partial charge in [0, 0.05) is 24.2 Å². The number of carbonyl (C=O) groups is 1. The molecule has 4 rings (SSSR count). The summed E-state index contributed by atoms with van der Waals surface area (Å²) < 4.78 is 33.2. The first kappa shape index (κ1) is 23.7. The Labute approximate surface area is 198 Å². The predicted octanol–water partition coefficient (Wildman–Crippen LogP) is 4.81. The van der Waals surface area contributed by atoms with Crippen LogP contribution in [-0.4, -0.2) is 47.5 Å². The van der Waals surface area contributed by atoms with Crippen molar-refractivity contribution in [3.05, 3.63) is 58.7 Å². The first-order chi connectivity index (χ1) is 15.8. The second kappa shape index (κ2) is 9.79. The molecular weight excluding hydrogens is 458 g/mol. The number of thioether (sulfide) groups is 1. The molecular formula is C24H27N3O4S2. The molecule has 1 saturated heterocycles. The summed E-state index contributed by atoms with van der Waals surface area (Å²) in [7, 11) is -3.55. The fourth-order valence-electron chi connectivity index (χ4n) is 3.89. The van der Waals surface area contributed by atoms with Crippen molar-refractivity contribution < 1.29 is 17.6 Å². The van der Waals surface area contributed by atoms with E-state index in [9.17, 15) is 13.2 Å².